The first-order valence-corrected chi connectivity index (χ1v) is 4.91. The van der Waals surface area contributed by atoms with Gasteiger partial charge < -0.3 is 4.74 Å². The predicted octanol–water partition coefficient (Wildman–Crippen LogP) is 2.87. The van der Waals surface area contributed by atoms with Crippen molar-refractivity contribution < 1.29 is 27.1 Å². The van der Waals surface area contributed by atoms with Crippen LogP contribution < -0.4 is 4.74 Å². The van der Waals surface area contributed by atoms with Crippen LogP contribution in [0.15, 0.2) is 6.07 Å². The molecule has 0 aliphatic heterocycles. The molecule has 0 spiro atoms. The van der Waals surface area contributed by atoms with Gasteiger partial charge in [-0.05, 0) is 28.7 Å². The van der Waals surface area contributed by atoms with Crippen LogP contribution in [0, 0.1) is 3.70 Å². The van der Waals surface area contributed by atoms with Crippen molar-refractivity contribution >= 4 is 28.9 Å². The van der Waals surface area contributed by atoms with Crippen LogP contribution in [0.25, 0.3) is 0 Å². The number of hydrogen-bond donors (Lipinski definition) is 0. The van der Waals surface area contributed by atoms with E-state index in [9.17, 15) is 22.4 Å². The van der Waals surface area contributed by atoms with Crippen LogP contribution in [0.5, 0.6) is 5.75 Å². The lowest BCUT2D eigenvalue weighted by atomic mass is 10.2. The minimum atomic E-state index is -4.99. The minimum Gasteiger partial charge on any atom is -0.403 e. The molecule has 1 aromatic rings. The third-order valence-corrected chi connectivity index (χ3v) is 2.07. The summed E-state index contributed by atoms with van der Waals surface area (Å²) in [6.45, 7) is -1.18. The Morgan fingerprint density at radius 2 is 2.12 bits per heavy atom. The van der Waals surface area contributed by atoms with Crippen molar-refractivity contribution in [3.05, 3.63) is 21.0 Å². The van der Waals surface area contributed by atoms with Crippen LogP contribution in [0.3, 0.4) is 0 Å². The fourth-order valence-corrected chi connectivity index (χ4v) is 1.62. The molecule has 88 valence electrons. The maximum Gasteiger partial charge on any atom is 0.573 e. The number of aromatic nitrogens is 1. The quantitative estimate of drug-likeness (QED) is 0.365. The van der Waals surface area contributed by atoms with Gasteiger partial charge in [0.25, 0.3) is 0 Å². The van der Waals surface area contributed by atoms with E-state index in [2.05, 4.69) is 9.72 Å². The number of pyridine rings is 1. The van der Waals surface area contributed by atoms with Gasteiger partial charge in [0.15, 0.2) is 12.0 Å². The SMILES string of the molecule is O=Cc1nc(I)cc(CF)c1OC(F)(F)F. The van der Waals surface area contributed by atoms with E-state index in [-0.39, 0.29) is 15.6 Å². The number of carbonyl (C=O) groups is 1. The Bertz CT molecular complexity index is 408. The fourth-order valence-electron chi connectivity index (χ4n) is 0.985. The Morgan fingerprint density at radius 1 is 1.50 bits per heavy atom. The number of alkyl halides is 4. The lowest BCUT2D eigenvalue weighted by Crippen LogP contribution is -2.19. The molecule has 0 unspecified atom stereocenters. The molecular weight excluding hydrogens is 345 g/mol. The average Bonchev–Trinajstić information content (AvgIpc) is 2.18. The smallest absolute Gasteiger partial charge is 0.403 e. The molecule has 0 saturated heterocycles. The van der Waals surface area contributed by atoms with E-state index in [1.165, 1.54) is 0 Å². The first-order valence-electron chi connectivity index (χ1n) is 3.83. The number of carbonyl (C=O) groups excluding carboxylic acids is 1. The highest BCUT2D eigenvalue weighted by Crippen LogP contribution is 2.30. The highest BCUT2D eigenvalue weighted by atomic mass is 127. The molecular formula is C8H4F4INO2. The highest BCUT2D eigenvalue weighted by molar-refractivity contribution is 14.1. The van der Waals surface area contributed by atoms with E-state index in [1.807, 2.05) is 0 Å². The number of rotatable bonds is 3. The molecule has 8 heteroatoms. The Kier molecular flexibility index (Phi) is 4.05. The molecule has 0 N–H and O–H groups in total. The molecule has 1 rings (SSSR count). The van der Waals surface area contributed by atoms with Gasteiger partial charge in [-0.1, -0.05) is 0 Å². The van der Waals surface area contributed by atoms with Gasteiger partial charge in [-0.15, -0.1) is 13.2 Å². The van der Waals surface area contributed by atoms with Gasteiger partial charge in [0.05, 0.1) is 0 Å². The molecule has 3 nitrogen and oxygen atoms in total. The minimum absolute atomic E-state index is 0.0857. The Morgan fingerprint density at radius 3 is 2.56 bits per heavy atom. The second-order valence-corrected chi connectivity index (χ2v) is 3.72. The summed E-state index contributed by atoms with van der Waals surface area (Å²) in [5, 5.41) is 0. The molecule has 0 atom stereocenters. The summed E-state index contributed by atoms with van der Waals surface area (Å²) in [4.78, 5) is 14.0. The molecule has 1 heterocycles. The number of hydrogen-bond acceptors (Lipinski definition) is 3. The molecule has 0 aliphatic carbocycles. The summed E-state index contributed by atoms with van der Waals surface area (Å²) in [7, 11) is 0. The van der Waals surface area contributed by atoms with E-state index in [0.29, 0.717) is 0 Å². The van der Waals surface area contributed by atoms with Gasteiger partial charge in [-0.25, -0.2) is 9.37 Å². The highest BCUT2D eigenvalue weighted by Gasteiger charge is 2.33. The van der Waals surface area contributed by atoms with Crippen molar-refractivity contribution in [2.45, 2.75) is 13.0 Å². The molecule has 0 aromatic carbocycles. The molecule has 0 fully saturated rings. The largest absolute Gasteiger partial charge is 0.573 e. The van der Waals surface area contributed by atoms with Crippen molar-refractivity contribution in [3.8, 4) is 5.75 Å². The zero-order chi connectivity index (χ0) is 12.3. The maximum atomic E-state index is 12.5. The zero-order valence-corrected chi connectivity index (χ0v) is 9.67. The van der Waals surface area contributed by atoms with Gasteiger partial charge in [0, 0.05) is 5.56 Å². The van der Waals surface area contributed by atoms with E-state index >= 15 is 0 Å². The molecule has 0 radical (unpaired) electrons. The van der Waals surface area contributed by atoms with Gasteiger partial charge in [-0.3, -0.25) is 4.79 Å². The molecule has 0 amide bonds. The van der Waals surface area contributed by atoms with Crippen LogP contribution in [0.2, 0.25) is 0 Å². The standard InChI is InChI=1S/C8H4F4INO2/c9-2-4-1-6(13)14-5(3-15)7(4)16-8(10,11)12/h1,3H,2H2. The fraction of sp³-hybridized carbons (Fsp3) is 0.250. The van der Waals surface area contributed by atoms with E-state index < -0.39 is 24.5 Å². The van der Waals surface area contributed by atoms with Gasteiger partial charge >= 0.3 is 6.36 Å². The molecule has 1 aromatic heterocycles. The van der Waals surface area contributed by atoms with Crippen LogP contribution in [-0.4, -0.2) is 17.6 Å². The molecule has 16 heavy (non-hydrogen) atoms. The summed E-state index contributed by atoms with van der Waals surface area (Å²) in [6.07, 6.45) is -4.90. The maximum absolute atomic E-state index is 12.5. The van der Waals surface area contributed by atoms with E-state index in [0.717, 1.165) is 6.07 Å². The first kappa shape index (κ1) is 13.1. The third-order valence-electron chi connectivity index (χ3n) is 1.52. The van der Waals surface area contributed by atoms with Gasteiger partial charge in [-0.2, -0.15) is 0 Å². The summed E-state index contributed by atoms with van der Waals surface area (Å²) >= 11 is 1.66. The molecule has 0 aliphatic rings. The van der Waals surface area contributed by atoms with Crippen molar-refractivity contribution in [2.75, 3.05) is 0 Å². The normalized spacial score (nSPS) is 11.3. The average molecular weight is 349 g/mol. The second-order valence-electron chi connectivity index (χ2n) is 2.62. The van der Waals surface area contributed by atoms with Crippen molar-refractivity contribution in [1.29, 1.82) is 0 Å². The monoisotopic (exact) mass is 349 g/mol. The van der Waals surface area contributed by atoms with Gasteiger partial charge in [0.1, 0.15) is 16.1 Å². The van der Waals surface area contributed by atoms with Crippen molar-refractivity contribution in [2.24, 2.45) is 0 Å². The number of nitrogens with zero attached hydrogens (tertiary/aromatic N) is 1. The summed E-state index contributed by atoms with van der Waals surface area (Å²) in [5.41, 5.74) is -0.935. The summed E-state index contributed by atoms with van der Waals surface area (Å²) in [6, 6.07) is 1.08. The Labute approximate surface area is 101 Å². The van der Waals surface area contributed by atoms with Crippen LogP contribution in [0.1, 0.15) is 16.1 Å². The summed E-state index contributed by atoms with van der Waals surface area (Å²) < 4.78 is 52.2. The third kappa shape index (κ3) is 3.29. The zero-order valence-electron chi connectivity index (χ0n) is 7.52. The Hall–Kier alpha value is -0.930. The summed E-state index contributed by atoms with van der Waals surface area (Å²) in [5.74, 6) is -0.884. The lowest BCUT2D eigenvalue weighted by molar-refractivity contribution is -0.275. The van der Waals surface area contributed by atoms with E-state index in [4.69, 9.17) is 0 Å². The van der Waals surface area contributed by atoms with Crippen molar-refractivity contribution in [1.82, 2.24) is 4.98 Å². The van der Waals surface area contributed by atoms with E-state index in [1.54, 1.807) is 22.6 Å². The first-order chi connectivity index (χ1) is 7.37. The molecule has 0 bridgehead atoms. The second kappa shape index (κ2) is 4.93. The topological polar surface area (TPSA) is 39.2 Å². The van der Waals surface area contributed by atoms with Crippen LogP contribution in [0.4, 0.5) is 17.6 Å². The number of halogens is 5. The number of ether oxygens (including phenoxy) is 1. The van der Waals surface area contributed by atoms with Gasteiger partial charge in [0.2, 0.25) is 0 Å². The Balaban J connectivity index is 3.27. The molecule has 0 saturated carbocycles. The number of aldehydes is 1. The van der Waals surface area contributed by atoms with Crippen molar-refractivity contribution in [3.63, 3.8) is 0 Å². The van der Waals surface area contributed by atoms with Crippen LogP contribution >= 0.6 is 22.6 Å². The van der Waals surface area contributed by atoms with Crippen LogP contribution in [-0.2, 0) is 6.67 Å². The lowest BCUT2D eigenvalue weighted by Gasteiger charge is -2.13. The predicted molar refractivity (Wildman–Crippen MR) is 53.8 cm³/mol.